The van der Waals surface area contributed by atoms with Gasteiger partial charge in [-0.25, -0.2) is 0 Å². The number of rotatable bonds is 3. The number of aliphatic hydroxyl groups is 1. The van der Waals surface area contributed by atoms with E-state index in [-0.39, 0.29) is 0 Å². The van der Waals surface area contributed by atoms with Crippen LogP contribution in [0, 0.1) is 6.92 Å². The average molecular weight is 235 g/mol. The van der Waals surface area contributed by atoms with Gasteiger partial charge in [0.2, 0.25) is 0 Å². The number of pyridine rings is 1. The second-order valence-corrected chi connectivity index (χ2v) is 4.48. The fourth-order valence-electron chi connectivity index (χ4n) is 1.51. The number of aryl methyl sites for hydroxylation is 1. The van der Waals surface area contributed by atoms with Gasteiger partial charge >= 0.3 is 0 Å². The van der Waals surface area contributed by atoms with E-state index in [0.717, 1.165) is 16.0 Å². The molecule has 0 aliphatic carbocycles. The van der Waals surface area contributed by atoms with Gasteiger partial charge < -0.3 is 9.84 Å². The zero-order chi connectivity index (χ0) is 11.5. The normalized spacial score (nSPS) is 12.4. The molecule has 4 heteroatoms. The number of ether oxygens (including phenoxy) is 1. The summed E-state index contributed by atoms with van der Waals surface area (Å²) in [5.41, 5.74) is 1.85. The van der Waals surface area contributed by atoms with Crippen molar-refractivity contribution in [3.8, 4) is 5.75 Å². The second-order valence-electron chi connectivity index (χ2n) is 3.53. The van der Waals surface area contributed by atoms with E-state index in [1.54, 1.807) is 36.9 Å². The molecule has 0 aromatic carbocycles. The van der Waals surface area contributed by atoms with Crippen molar-refractivity contribution in [2.45, 2.75) is 13.0 Å². The molecule has 0 bridgehead atoms. The molecule has 0 amide bonds. The zero-order valence-corrected chi connectivity index (χ0v) is 9.99. The second kappa shape index (κ2) is 4.63. The summed E-state index contributed by atoms with van der Waals surface area (Å²) in [5, 5.41) is 12.2. The van der Waals surface area contributed by atoms with Crippen LogP contribution in [0.15, 0.2) is 29.9 Å². The van der Waals surface area contributed by atoms with Crippen molar-refractivity contribution in [3.05, 3.63) is 45.9 Å². The van der Waals surface area contributed by atoms with Crippen LogP contribution in [0.4, 0.5) is 0 Å². The third-order valence-electron chi connectivity index (χ3n) is 2.44. The third-order valence-corrected chi connectivity index (χ3v) is 3.51. The first-order chi connectivity index (χ1) is 7.72. The lowest BCUT2D eigenvalue weighted by Crippen LogP contribution is -2.00. The molecular formula is C12H13NO2S. The minimum absolute atomic E-state index is 0.623. The molecule has 1 atom stereocenters. The first kappa shape index (κ1) is 11.1. The molecule has 1 N–H and O–H groups in total. The van der Waals surface area contributed by atoms with Gasteiger partial charge in [-0.2, -0.15) is 0 Å². The van der Waals surface area contributed by atoms with Gasteiger partial charge in [0.1, 0.15) is 11.9 Å². The molecule has 0 aliphatic rings. The minimum atomic E-state index is -0.623. The SMILES string of the molecule is COc1cncc(C(O)c2sccc2C)c1. The molecule has 3 nitrogen and oxygen atoms in total. The van der Waals surface area contributed by atoms with Crippen LogP contribution in [0.25, 0.3) is 0 Å². The molecule has 0 fully saturated rings. The molecule has 0 saturated heterocycles. The molecule has 2 aromatic heterocycles. The monoisotopic (exact) mass is 235 g/mol. The van der Waals surface area contributed by atoms with Gasteiger partial charge in [-0.1, -0.05) is 0 Å². The van der Waals surface area contributed by atoms with E-state index in [1.807, 2.05) is 18.4 Å². The number of nitrogens with zero attached hydrogens (tertiary/aromatic N) is 1. The molecule has 2 rings (SSSR count). The van der Waals surface area contributed by atoms with Crippen LogP contribution < -0.4 is 4.74 Å². The maximum Gasteiger partial charge on any atom is 0.137 e. The van der Waals surface area contributed by atoms with E-state index in [9.17, 15) is 5.11 Å². The Kier molecular flexibility index (Phi) is 3.22. The quantitative estimate of drug-likeness (QED) is 0.889. The molecule has 0 spiro atoms. The molecule has 0 saturated carbocycles. The fourth-order valence-corrected chi connectivity index (χ4v) is 2.45. The summed E-state index contributed by atoms with van der Waals surface area (Å²) in [4.78, 5) is 4.99. The topological polar surface area (TPSA) is 42.4 Å². The lowest BCUT2D eigenvalue weighted by Gasteiger charge is -2.11. The van der Waals surface area contributed by atoms with E-state index in [1.165, 1.54) is 0 Å². The van der Waals surface area contributed by atoms with Crippen molar-refractivity contribution in [2.24, 2.45) is 0 Å². The number of hydrogen-bond donors (Lipinski definition) is 1. The van der Waals surface area contributed by atoms with Crippen molar-refractivity contribution in [1.29, 1.82) is 0 Å². The van der Waals surface area contributed by atoms with Gasteiger partial charge in [0.15, 0.2) is 0 Å². The van der Waals surface area contributed by atoms with Crippen LogP contribution in [-0.2, 0) is 0 Å². The Hall–Kier alpha value is -1.39. The number of aromatic nitrogens is 1. The smallest absolute Gasteiger partial charge is 0.137 e. The summed E-state index contributed by atoms with van der Waals surface area (Å²) >= 11 is 1.55. The minimum Gasteiger partial charge on any atom is -0.495 e. The number of thiophene rings is 1. The van der Waals surface area contributed by atoms with Gasteiger partial charge in [0, 0.05) is 16.6 Å². The lowest BCUT2D eigenvalue weighted by atomic mass is 10.1. The molecule has 1 unspecified atom stereocenters. The highest BCUT2D eigenvalue weighted by Crippen LogP contribution is 2.30. The van der Waals surface area contributed by atoms with Crippen molar-refractivity contribution in [1.82, 2.24) is 4.98 Å². The number of methoxy groups -OCH3 is 1. The molecular weight excluding hydrogens is 222 g/mol. The van der Waals surface area contributed by atoms with Crippen LogP contribution in [0.2, 0.25) is 0 Å². The summed E-state index contributed by atoms with van der Waals surface area (Å²) in [7, 11) is 1.59. The van der Waals surface area contributed by atoms with E-state index in [0.29, 0.717) is 5.75 Å². The van der Waals surface area contributed by atoms with Crippen molar-refractivity contribution >= 4 is 11.3 Å². The Morgan fingerprint density at radius 1 is 1.44 bits per heavy atom. The summed E-state index contributed by atoms with van der Waals surface area (Å²) in [6.45, 7) is 1.99. The van der Waals surface area contributed by atoms with Crippen molar-refractivity contribution in [2.75, 3.05) is 7.11 Å². The first-order valence-corrected chi connectivity index (χ1v) is 5.81. The van der Waals surface area contributed by atoms with Gasteiger partial charge in [0.25, 0.3) is 0 Å². The lowest BCUT2D eigenvalue weighted by molar-refractivity contribution is 0.222. The highest BCUT2D eigenvalue weighted by molar-refractivity contribution is 7.10. The first-order valence-electron chi connectivity index (χ1n) is 4.93. The van der Waals surface area contributed by atoms with Crippen molar-refractivity contribution in [3.63, 3.8) is 0 Å². The zero-order valence-electron chi connectivity index (χ0n) is 9.18. The Labute approximate surface area is 98.4 Å². The molecule has 2 heterocycles. The summed E-state index contributed by atoms with van der Waals surface area (Å²) in [6.07, 6.45) is 2.66. The Balaban J connectivity index is 2.33. The highest BCUT2D eigenvalue weighted by atomic mass is 32.1. The summed E-state index contributed by atoms with van der Waals surface area (Å²) in [6, 6.07) is 3.80. The van der Waals surface area contributed by atoms with E-state index in [2.05, 4.69) is 4.98 Å². The van der Waals surface area contributed by atoms with E-state index < -0.39 is 6.10 Å². The Morgan fingerprint density at radius 3 is 2.88 bits per heavy atom. The molecule has 2 aromatic rings. The van der Waals surface area contributed by atoms with Crippen LogP contribution in [0.1, 0.15) is 22.1 Å². The highest BCUT2D eigenvalue weighted by Gasteiger charge is 2.15. The van der Waals surface area contributed by atoms with Crippen molar-refractivity contribution < 1.29 is 9.84 Å². The maximum atomic E-state index is 10.2. The molecule has 84 valence electrons. The Morgan fingerprint density at radius 2 is 2.25 bits per heavy atom. The Bertz CT molecular complexity index is 481. The van der Waals surface area contributed by atoms with Gasteiger partial charge in [0.05, 0.1) is 13.3 Å². The van der Waals surface area contributed by atoms with E-state index in [4.69, 9.17) is 4.74 Å². The fraction of sp³-hybridized carbons (Fsp3) is 0.250. The molecule has 0 radical (unpaired) electrons. The molecule has 0 aliphatic heterocycles. The molecule has 16 heavy (non-hydrogen) atoms. The van der Waals surface area contributed by atoms with Gasteiger partial charge in [-0.3, -0.25) is 4.98 Å². The van der Waals surface area contributed by atoms with E-state index >= 15 is 0 Å². The number of hydrogen-bond acceptors (Lipinski definition) is 4. The predicted molar refractivity (Wildman–Crippen MR) is 63.9 cm³/mol. The van der Waals surface area contributed by atoms with Crippen LogP contribution in [0.5, 0.6) is 5.75 Å². The third kappa shape index (κ3) is 2.08. The average Bonchev–Trinajstić information content (AvgIpc) is 2.74. The predicted octanol–water partition coefficient (Wildman–Crippen LogP) is 2.54. The maximum absolute atomic E-state index is 10.2. The van der Waals surface area contributed by atoms with Crippen LogP contribution in [0.3, 0.4) is 0 Å². The van der Waals surface area contributed by atoms with Crippen LogP contribution >= 0.6 is 11.3 Å². The largest absolute Gasteiger partial charge is 0.495 e. The summed E-state index contributed by atoms with van der Waals surface area (Å²) < 4.78 is 5.08. The number of aliphatic hydroxyl groups excluding tert-OH is 1. The summed E-state index contributed by atoms with van der Waals surface area (Å²) in [5.74, 6) is 0.658. The van der Waals surface area contributed by atoms with Gasteiger partial charge in [-0.15, -0.1) is 11.3 Å². The van der Waals surface area contributed by atoms with Gasteiger partial charge in [-0.05, 0) is 30.0 Å². The standard InChI is InChI=1S/C12H13NO2S/c1-8-3-4-16-12(8)11(14)9-5-10(15-2)7-13-6-9/h3-7,11,14H,1-2H3. The van der Waals surface area contributed by atoms with Crippen LogP contribution in [-0.4, -0.2) is 17.2 Å².